The number of ether oxygens (including phenoxy) is 1. The lowest BCUT2D eigenvalue weighted by Gasteiger charge is -2.16. The van der Waals surface area contributed by atoms with E-state index in [1.165, 1.54) is 35.3 Å². The van der Waals surface area contributed by atoms with Crippen molar-refractivity contribution >= 4 is 22.4 Å². The Balaban J connectivity index is 1.54. The van der Waals surface area contributed by atoms with Crippen LogP contribution >= 0.6 is 11.3 Å². The molecule has 1 aliphatic carbocycles. The SMILES string of the molecule is CCc1nnc(NC(=O)COc2ccc3c(c2)CCCC3)s1. The van der Waals surface area contributed by atoms with Crippen molar-refractivity contribution in [3.05, 3.63) is 34.3 Å². The third-order valence-electron chi connectivity index (χ3n) is 3.71. The maximum Gasteiger partial charge on any atom is 0.264 e. The summed E-state index contributed by atoms with van der Waals surface area (Å²) in [5.74, 6) is 0.541. The van der Waals surface area contributed by atoms with Crippen molar-refractivity contribution in [3.8, 4) is 5.75 Å². The van der Waals surface area contributed by atoms with Gasteiger partial charge >= 0.3 is 0 Å². The monoisotopic (exact) mass is 317 g/mol. The van der Waals surface area contributed by atoms with E-state index in [0.29, 0.717) is 5.13 Å². The molecule has 0 spiro atoms. The van der Waals surface area contributed by atoms with Crippen molar-refractivity contribution in [3.63, 3.8) is 0 Å². The van der Waals surface area contributed by atoms with Crippen molar-refractivity contribution in [2.75, 3.05) is 11.9 Å². The van der Waals surface area contributed by atoms with Crippen molar-refractivity contribution in [1.29, 1.82) is 0 Å². The number of aryl methyl sites for hydroxylation is 3. The van der Waals surface area contributed by atoms with Gasteiger partial charge in [0.1, 0.15) is 10.8 Å². The van der Waals surface area contributed by atoms with Gasteiger partial charge in [-0.2, -0.15) is 0 Å². The summed E-state index contributed by atoms with van der Waals surface area (Å²) >= 11 is 1.39. The van der Waals surface area contributed by atoms with Gasteiger partial charge in [0.05, 0.1) is 0 Å². The van der Waals surface area contributed by atoms with Gasteiger partial charge in [-0.05, 0) is 55.4 Å². The van der Waals surface area contributed by atoms with Gasteiger partial charge in [0, 0.05) is 0 Å². The van der Waals surface area contributed by atoms with Gasteiger partial charge in [0.2, 0.25) is 5.13 Å². The Kier molecular flexibility index (Phi) is 4.68. The number of fused-ring (bicyclic) bond motifs is 1. The third-order valence-corrected chi connectivity index (χ3v) is 4.69. The number of amides is 1. The molecule has 1 aromatic carbocycles. The van der Waals surface area contributed by atoms with E-state index in [9.17, 15) is 4.79 Å². The number of anilines is 1. The van der Waals surface area contributed by atoms with Crippen LogP contribution in [0.1, 0.15) is 35.9 Å². The highest BCUT2D eigenvalue weighted by molar-refractivity contribution is 7.15. The maximum atomic E-state index is 11.9. The number of nitrogens with one attached hydrogen (secondary N) is 1. The predicted octanol–water partition coefficient (Wildman–Crippen LogP) is 3.00. The second-order valence-corrected chi connectivity index (χ2v) is 6.39. The fraction of sp³-hybridized carbons (Fsp3) is 0.438. The Hall–Kier alpha value is -1.95. The molecule has 0 fully saturated rings. The van der Waals surface area contributed by atoms with E-state index >= 15 is 0 Å². The fourth-order valence-corrected chi connectivity index (χ4v) is 3.25. The predicted molar refractivity (Wildman–Crippen MR) is 86.5 cm³/mol. The maximum absolute atomic E-state index is 11.9. The molecule has 22 heavy (non-hydrogen) atoms. The van der Waals surface area contributed by atoms with Crippen LogP contribution in [0.25, 0.3) is 0 Å². The molecule has 5 nitrogen and oxygen atoms in total. The summed E-state index contributed by atoms with van der Waals surface area (Å²) in [6.07, 6.45) is 5.56. The summed E-state index contributed by atoms with van der Waals surface area (Å²) in [5.41, 5.74) is 2.75. The first kappa shape index (κ1) is 15.0. The number of nitrogens with zero attached hydrogens (tertiary/aromatic N) is 2. The highest BCUT2D eigenvalue weighted by Crippen LogP contribution is 2.25. The zero-order valence-electron chi connectivity index (χ0n) is 12.6. The van der Waals surface area contributed by atoms with E-state index in [0.717, 1.165) is 30.0 Å². The molecule has 1 N–H and O–H groups in total. The minimum atomic E-state index is -0.212. The van der Waals surface area contributed by atoms with E-state index in [1.807, 2.05) is 13.0 Å². The van der Waals surface area contributed by atoms with Gasteiger partial charge in [-0.15, -0.1) is 10.2 Å². The van der Waals surface area contributed by atoms with Crippen LogP contribution in [-0.2, 0) is 24.1 Å². The summed E-state index contributed by atoms with van der Waals surface area (Å²) in [6.45, 7) is 1.99. The number of aromatic nitrogens is 2. The number of hydrogen-bond acceptors (Lipinski definition) is 5. The standard InChI is InChI=1S/C16H19N3O2S/c1-2-15-18-19-16(22-15)17-14(20)10-21-13-8-7-11-5-3-4-6-12(11)9-13/h7-9H,2-6,10H2,1H3,(H,17,19,20). The van der Waals surface area contributed by atoms with E-state index in [4.69, 9.17) is 4.74 Å². The van der Waals surface area contributed by atoms with Gasteiger partial charge in [0.15, 0.2) is 6.61 Å². The molecule has 1 aromatic heterocycles. The quantitative estimate of drug-likeness (QED) is 0.921. The Morgan fingerprint density at radius 1 is 1.27 bits per heavy atom. The first-order valence-electron chi connectivity index (χ1n) is 7.61. The molecule has 0 aliphatic heterocycles. The van der Waals surface area contributed by atoms with Gasteiger partial charge < -0.3 is 4.74 Å². The van der Waals surface area contributed by atoms with E-state index in [2.05, 4.69) is 27.6 Å². The number of benzene rings is 1. The van der Waals surface area contributed by atoms with Gasteiger partial charge in [-0.1, -0.05) is 24.3 Å². The third kappa shape index (κ3) is 3.62. The first-order chi connectivity index (χ1) is 10.7. The molecule has 1 amide bonds. The molecule has 0 bridgehead atoms. The van der Waals surface area contributed by atoms with Crippen LogP contribution < -0.4 is 10.1 Å². The molecule has 2 aromatic rings. The van der Waals surface area contributed by atoms with Crippen LogP contribution in [0, 0.1) is 0 Å². The van der Waals surface area contributed by atoms with Crippen LogP contribution in [0.3, 0.4) is 0 Å². The van der Waals surface area contributed by atoms with E-state index in [1.54, 1.807) is 0 Å². The molecular weight excluding hydrogens is 298 g/mol. The second-order valence-electron chi connectivity index (χ2n) is 5.33. The lowest BCUT2D eigenvalue weighted by atomic mass is 9.92. The van der Waals surface area contributed by atoms with Gasteiger partial charge in [-0.3, -0.25) is 10.1 Å². The van der Waals surface area contributed by atoms with Gasteiger partial charge in [-0.25, -0.2) is 0 Å². The van der Waals surface area contributed by atoms with Crippen LogP contribution in [-0.4, -0.2) is 22.7 Å². The minimum Gasteiger partial charge on any atom is -0.484 e. The van der Waals surface area contributed by atoms with Crippen molar-refractivity contribution in [1.82, 2.24) is 10.2 Å². The molecular formula is C16H19N3O2S. The zero-order chi connectivity index (χ0) is 15.4. The molecule has 116 valence electrons. The molecule has 1 aliphatic rings. The summed E-state index contributed by atoms with van der Waals surface area (Å²) in [4.78, 5) is 11.9. The van der Waals surface area contributed by atoms with E-state index in [-0.39, 0.29) is 12.5 Å². The van der Waals surface area contributed by atoms with Gasteiger partial charge in [0.25, 0.3) is 5.91 Å². The van der Waals surface area contributed by atoms with Crippen molar-refractivity contribution in [2.45, 2.75) is 39.0 Å². The highest BCUT2D eigenvalue weighted by atomic mass is 32.1. The minimum absolute atomic E-state index is 0.0141. The second kappa shape index (κ2) is 6.87. The van der Waals surface area contributed by atoms with E-state index < -0.39 is 0 Å². The Labute approximate surface area is 133 Å². The summed E-state index contributed by atoms with van der Waals surface area (Å²) in [6, 6.07) is 6.11. The number of rotatable bonds is 5. The average Bonchev–Trinajstić information content (AvgIpc) is 3.00. The smallest absolute Gasteiger partial charge is 0.264 e. The molecule has 0 saturated heterocycles. The Morgan fingerprint density at radius 3 is 2.86 bits per heavy atom. The lowest BCUT2D eigenvalue weighted by Crippen LogP contribution is -2.20. The molecule has 0 saturated carbocycles. The van der Waals surface area contributed by atoms with Crippen LogP contribution in [0.15, 0.2) is 18.2 Å². The lowest BCUT2D eigenvalue weighted by molar-refractivity contribution is -0.118. The number of hydrogen-bond donors (Lipinski definition) is 1. The van der Waals surface area contributed by atoms with Crippen molar-refractivity contribution < 1.29 is 9.53 Å². The molecule has 6 heteroatoms. The molecule has 3 rings (SSSR count). The number of carbonyl (C=O) groups excluding carboxylic acids is 1. The summed E-state index contributed by atoms with van der Waals surface area (Å²) < 4.78 is 5.58. The first-order valence-corrected chi connectivity index (χ1v) is 8.43. The van der Waals surface area contributed by atoms with Crippen LogP contribution in [0.2, 0.25) is 0 Å². The Bertz CT molecular complexity index is 669. The molecule has 0 unspecified atom stereocenters. The average molecular weight is 317 g/mol. The van der Waals surface area contributed by atoms with Crippen molar-refractivity contribution in [2.24, 2.45) is 0 Å². The normalized spacial score (nSPS) is 13.5. The van der Waals surface area contributed by atoms with Crippen LogP contribution in [0.5, 0.6) is 5.75 Å². The highest BCUT2D eigenvalue weighted by Gasteiger charge is 2.11. The zero-order valence-corrected chi connectivity index (χ0v) is 13.4. The van der Waals surface area contributed by atoms with Crippen LogP contribution in [0.4, 0.5) is 5.13 Å². The molecule has 0 radical (unpaired) electrons. The topological polar surface area (TPSA) is 64.1 Å². The molecule has 0 atom stereocenters. The Morgan fingerprint density at radius 2 is 2.09 bits per heavy atom. The fourth-order valence-electron chi connectivity index (χ4n) is 2.55. The molecule has 1 heterocycles. The number of carbonyl (C=O) groups is 1. The largest absolute Gasteiger partial charge is 0.484 e. The summed E-state index contributed by atoms with van der Waals surface area (Å²) in [7, 11) is 0. The summed E-state index contributed by atoms with van der Waals surface area (Å²) in [5, 5.41) is 12.0.